The molecule has 1 aromatic rings. The van der Waals surface area contributed by atoms with E-state index in [2.05, 4.69) is 10.3 Å². The number of rotatable bonds is 5. The van der Waals surface area contributed by atoms with E-state index in [9.17, 15) is 9.59 Å². The number of carbonyl (C=O) groups is 2. The molecule has 2 heterocycles. The number of nitrogens with zero attached hydrogens (tertiary/aromatic N) is 3. The lowest BCUT2D eigenvalue weighted by Gasteiger charge is -2.15. The zero-order chi connectivity index (χ0) is 13.8. The summed E-state index contributed by atoms with van der Waals surface area (Å²) in [7, 11) is 1.92. The van der Waals surface area contributed by atoms with Crippen LogP contribution in [-0.2, 0) is 23.2 Å². The van der Waals surface area contributed by atoms with Gasteiger partial charge in [-0.15, -0.1) is 0 Å². The van der Waals surface area contributed by atoms with Crippen LogP contribution in [0.2, 0.25) is 0 Å². The van der Waals surface area contributed by atoms with Crippen LogP contribution in [0.1, 0.15) is 18.5 Å². The van der Waals surface area contributed by atoms with Crippen molar-refractivity contribution >= 4 is 23.6 Å². The van der Waals surface area contributed by atoms with Crippen molar-refractivity contribution in [2.24, 2.45) is 7.05 Å². The van der Waals surface area contributed by atoms with E-state index in [0.717, 1.165) is 17.3 Å². The number of hydrogen-bond acceptors (Lipinski definition) is 4. The molecule has 7 heteroatoms. The monoisotopic (exact) mass is 282 g/mol. The third kappa shape index (κ3) is 3.28. The first-order valence-electron chi connectivity index (χ1n) is 6.21. The first-order chi connectivity index (χ1) is 9.11. The quantitative estimate of drug-likeness (QED) is 0.793. The highest BCUT2D eigenvalue weighted by atomic mass is 32.2. The second-order valence-corrected chi connectivity index (χ2v) is 5.26. The molecule has 1 aliphatic rings. The summed E-state index contributed by atoms with van der Waals surface area (Å²) in [6.07, 6.45) is 5.13. The largest absolute Gasteiger partial charge is 0.349 e. The molecule has 6 nitrogen and oxygen atoms in total. The Labute approximate surface area is 116 Å². The minimum absolute atomic E-state index is 0.0698. The fourth-order valence-electron chi connectivity index (χ4n) is 2.07. The van der Waals surface area contributed by atoms with Gasteiger partial charge < -0.3 is 14.8 Å². The van der Waals surface area contributed by atoms with E-state index in [-0.39, 0.29) is 18.4 Å². The Bertz CT molecular complexity index is 486. The van der Waals surface area contributed by atoms with E-state index < -0.39 is 0 Å². The maximum absolute atomic E-state index is 11.8. The molecule has 0 atom stereocenters. The molecule has 0 saturated carbocycles. The Balaban J connectivity index is 1.83. The standard InChI is InChI=1S/C12H18N4O2S/c1-15-9(7-14-12(15)19-2)6-13-10(17)8-16-5-3-4-11(16)18/h7H,3-6,8H2,1-2H3,(H,13,17). The van der Waals surface area contributed by atoms with E-state index in [0.29, 0.717) is 19.5 Å². The zero-order valence-electron chi connectivity index (χ0n) is 11.2. The van der Waals surface area contributed by atoms with Gasteiger partial charge in [0.05, 0.1) is 25.0 Å². The Hall–Kier alpha value is -1.50. The van der Waals surface area contributed by atoms with Gasteiger partial charge >= 0.3 is 0 Å². The van der Waals surface area contributed by atoms with Crippen molar-refractivity contribution in [3.05, 3.63) is 11.9 Å². The van der Waals surface area contributed by atoms with Gasteiger partial charge in [0.2, 0.25) is 11.8 Å². The van der Waals surface area contributed by atoms with Crippen molar-refractivity contribution in [1.82, 2.24) is 19.8 Å². The van der Waals surface area contributed by atoms with Crippen molar-refractivity contribution < 1.29 is 9.59 Å². The summed E-state index contributed by atoms with van der Waals surface area (Å²) < 4.78 is 1.95. The Kier molecular flexibility index (Phi) is 4.47. The lowest BCUT2D eigenvalue weighted by atomic mass is 10.4. The molecule has 0 unspecified atom stereocenters. The van der Waals surface area contributed by atoms with Crippen LogP contribution < -0.4 is 5.32 Å². The number of imidazole rings is 1. The highest BCUT2D eigenvalue weighted by Gasteiger charge is 2.22. The summed E-state index contributed by atoms with van der Waals surface area (Å²) in [5, 5.41) is 3.74. The highest BCUT2D eigenvalue weighted by Crippen LogP contribution is 2.13. The average Bonchev–Trinajstić information content (AvgIpc) is 2.94. The molecule has 0 aliphatic carbocycles. The van der Waals surface area contributed by atoms with Crippen molar-refractivity contribution in [3.8, 4) is 0 Å². The molecule has 1 saturated heterocycles. The minimum atomic E-state index is -0.123. The molecule has 1 N–H and O–H groups in total. The molecule has 1 aliphatic heterocycles. The number of hydrogen-bond donors (Lipinski definition) is 1. The molecule has 104 valence electrons. The average molecular weight is 282 g/mol. The third-order valence-corrected chi connectivity index (χ3v) is 3.94. The lowest BCUT2D eigenvalue weighted by molar-refractivity contribution is -0.133. The van der Waals surface area contributed by atoms with E-state index in [1.54, 1.807) is 22.9 Å². The maximum atomic E-state index is 11.8. The molecule has 0 spiro atoms. The molecular weight excluding hydrogens is 264 g/mol. The number of thioether (sulfide) groups is 1. The van der Waals surface area contributed by atoms with Crippen LogP contribution in [0.5, 0.6) is 0 Å². The minimum Gasteiger partial charge on any atom is -0.349 e. The maximum Gasteiger partial charge on any atom is 0.239 e. The molecule has 2 amide bonds. The van der Waals surface area contributed by atoms with Gasteiger partial charge in [-0.3, -0.25) is 9.59 Å². The molecule has 0 radical (unpaired) electrons. The van der Waals surface area contributed by atoms with Crippen LogP contribution >= 0.6 is 11.8 Å². The normalized spacial score (nSPS) is 15.1. The lowest BCUT2D eigenvalue weighted by Crippen LogP contribution is -2.37. The SMILES string of the molecule is CSc1ncc(CNC(=O)CN2CCCC2=O)n1C. The topological polar surface area (TPSA) is 67.2 Å². The van der Waals surface area contributed by atoms with E-state index in [1.807, 2.05) is 17.9 Å². The smallest absolute Gasteiger partial charge is 0.239 e. The fraction of sp³-hybridized carbons (Fsp3) is 0.583. The molecule has 2 rings (SSSR count). The summed E-state index contributed by atoms with van der Waals surface area (Å²) in [6, 6.07) is 0. The third-order valence-electron chi connectivity index (χ3n) is 3.20. The molecular formula is C12H18N4O2S. The van der Waals surface area contributed by atoms with Crippen LogP contribution in [0, 0.1) is 0 Å². The Morgan fingerprint density at radius 3 is 2.95 bits per heavy atom. The van der Waals surface area contributed by atoms with E-state index in [4.69, 9.17) is 0 Å². The first-order valence-corrected chi connectivity index (χ1v) is 7.43. The molecule has 0 bridgehead atoms. The van der Waals surface area contributed by atoms with Crippen LogP contribution in [0.3, 0.4) is 0 Å². The van der Waals surface area contributed by atoms with Gasteiger partial charge in [0.15, 0.2) is 5.16 Å². The zero-order valence-corrected chi connectivity index (χ0v) is 12.0. The number of nitrogens with one attached hydrogen (secondary N) is 1. The molecule has 1 aromatic heterocycles. The van der Waals surface area contributed by atoms with Crippen molar-refractivity contribution in [2.45, 2.75) is 24.5 Å². The summed E-state index contributed by atoms with van der Waals surface area (Å²) in [5.41, 5.74) is 0.949. The predicted molar refractivity (Wildman–Crippen MR) is 72.6 cm³/mol. The van der Waals surface area contributed by atoms with Gasteiger partial charge in [0, 0.05) is 20.0 Å². The van der Waals surface area contributed by atoms with E-state index in [1.165, 1.54) is 0 Å². The number of carbonyl (C=O) groups excluding carboxylic acids is 2. The summed E-state index contributed by atoms with van der Waals surface area (Å²) in [5.74, 6) is -0.0532. The number of aromatic nitrogens is 2. The van der Waals surface area contributed by atoms with Gasteiger partial charge in [-0.05, 0) is 12.7 Å². The van der Waals surface area contributed by atoms with Gasteiger partial charge in [-0.25, -0.2) is 4.98 Å². The van der Waals surface area contributed by atoms with Crippen LogP contribution in [0.15, 0.2) is 11.4 Å². The van der Waals surface area contributed by atoms with Gasteiger partial charge in [0.1, 0.15) is 0 Å². The summed E-state index contributed by atoms with van der Waals surface area (Å²) in [6.45, 7) is 1.28. The summed E-state index contributed by atoms with van der Waals surface area (Å²) >= 11 is 1.56. The first kappa shape index (κ1) is 13.9. The van der Waals surface area contributed by atoms with Crippen LogP contribution in [0.4, 0.5) is 0 Å². The molecule has 19 heavy (non-hydrogen) atoms. The van der Waals surface area contributed by atoms with Crippen LogP contribution in [0.25, 0.3) is 0 Å². The van der Waals surface area contributed by atoms with Crippen LogP contribution in [-0.4, -0.2) is 45.6 Å². The Morgan fingerprint density at radius 1 is 1.58 bits per heavy atom. The van der Waals surface area contributed by atoms with Crippen molar-refractivity contribution in [1.29, 1.82) is 0 Å². The van der Waals surface area contributed by atoms with Crippen molar-refractivity contribution in [3.63, 3.8) is 0 Å². The highest BCUT2D eigenvalue weighted by molar-refractivity contribution is 7.98. The van der Waals surface area contributed by atoms with Gasteiger partial charge in [-0.2, -0.15) is 0 Å². The number of amides is 2. The molecule has 1 fully saturated rings. The molecule has 0 aromatic carbocycles. The van der Waals surface area contributed by atoms with E-state index >= 15 is 0 Å². The predicted octanol–water partition coefficient (Wildman–Crippen LogP) is 0.381. The number of likely N-dealkylation sites (tertiary alicyclic amines) is 1. The van der Waals surface area contributed by atoms with Gasteiger partial charge in [-0.1, -0.05) is 11.8 Å². The second kappa shape index (κ2) is 6.10. The fourth-order valence-corrected chi connectivity index (χ4v) is 2.62. The summed E-state index contributed by atoms with van der Waals surface area (Å²) in [4.78, 5) is 29.0. The van der Waals surface area contributed by atoms with Gasteiger partial charge in [0.25, 0.3) is 0 Å². The second-order valence-electron chi connectivity index (χ2n) is 4.49. The Morgan fingerprint density at radius 2 is 2.37 bits per heavy atom. The van der Waals surface area contributed by atoms with Crippen molar-refractivity contribution in [2.75, 3.05) is 19.3 Å².